The lowest BCUT2D eigenvalue weighted by Gasteiger charge is -2.41. The summed E-state index contributed by atoms with van der Waals surface area (Å²) in [6.07, 6.45) is 15.9. The molecule has 0 saturated carbocycles. The highest BCUT2D eigenvalue weighted by Gasteiger charge is 2.57. The topological polar surface area (TPSA) is 74.3 Å². The van der Waals surface area contributed by atoms with E-state index in [0.717, 1.165) is 84.6 Å². The maximum Gasteiger partial charge on any atom is 0.493 e. The van der Waals surface area contributed by atoms with Gasteiger partial charge in [-0.2, -0.15) is 0 Å². The highest BCUT2D eigenvalue weighted by atomic mass is 28.5. The van der Waals surface area contributed by atoms with Crippen LogP contribution in [0.2, 0.25) is 18.1 Å². The van der Waals surface area contributed by atoms with Gasteiger partial charge in [-0.3, -0.25) is 0 Å². The average Bonchev–Trinajstić information content (AvgIpc) is 3.14. The molecular formula is C37H85N3O7Si3. The fourth-order valence-corrected chi connectivity index (χ4v) is 17.5. The van der Waals surface area contributed by atoms with Crippen LogP contribution in [0.25, 0.3) is 0 Å². The van der Waals surface area contributed by atoms with Gasteiger partial charge in [-0.25, -0.2) is 0 Å². The van der Waals surface area contributed by atoms with E-state index in [9.17, 15) is 0 Å². The molecule has 0 bridgehead atoms. The smallest absolute Gasteiger partial charge is 0.378 e. The van der Waals surface area contributed by atoms with Crippen molar-refractivity contribution >= 4 is 26.4 Å². The first kappa shape index (κ1) is 50.3. The van der Waals surface area contributed by atoms with E-state index in [4.69, 9.17) is 30.4 Å². The quantitative estimate of drug-likeness (QED) is 0.0571. The number of nitrogens with zero attached hydrogens (tertiary/aromatic N) is 3. The van der Waals surface area contributed by atoms with E-state index in [1.165, 1.54) is 64.2 Å². The molecule has 0 aliphatic carbocycles. The normalized spacial score (nSPS) is 14.0. The van der Waals surface area contributed by atoms with E-state index in [2.05, 4.69) is 56.2 Å². The van der Waals surface area contributed by atoms with Crippen LogP contribution in [0, 0.1) is 0 Å². The Hall–Kier alpha value is 0.251. The van der Waals surface area contributed by atoms with E-state index in [0.29, 0.717) is 18.1 Å². The Morgan fingerprint density at radius 2 is 0.540 bits per heavy atom. The Balaban J connectivity index is 6.30. The zero-order valence-electron chi connectivity index (χ0n) is 35.1. The molecule has 0 radical (unpaired) electrons. The van der Waals surface area contributed by atoms with E-state index in [1.807, 2.05) is 0 Å². The molecule has 302 valence electrons. The SMILES string of the molecule is CCCCN(CCC)CCC[Si](OC)(OC)O[Si](CCCN(CCCC)CCCC)(OC)O[Si](CCCN(CCCC)CCCC)(OC)OC. The molecule has 0 spiro atoms. The standard InChI is InChI=1S/C37H85N3O7Si3/c1-12-18-27-38(26-17-6)32-23-35-48(41-7,42-8)46-50(45-11,37-25-34-40(30-21-15-4)31-22-16-5)47-49(43-9,44-10)36-24-33-39(28-19-13-2)29-20-14-3/h12-37H2,1-11H3. The Bertz CT molecular complexity index is 741. The van der Waals surface area contributed by atoms with Gasteiger partial charge >= 0.3 is 26.4 Å². The summed E-state index contributed by atoms with van der Waals surface area (Å²) < 4.78 is 45.7. The van der Waals surface area contributed by atoms with Crippen LogP contribution in [0.15, 0.2) is 0 Å². The minimum Gasteiger partial charge on any atom is -0.378 e. The molecule has 50 heavy (non-hydrogen) atoms. The van der Waals surface area contributed by atoms with Crippen LogP contribution in [-0.2, 0) is 30.4 Å². The van der Waals surface area contributed by atoms with Gasteiger partial charge in [0.25, 0.3) is 0 Å². The van der Waals surface area contributed by atoms with Crippen molar-refractivity contribution in [2.75, 3.05) is 94.5 Å². The lowest BCUT2D eigenvalue weighted by Crippen LogP contribution is -2.63. The summed E-state index contributed by atoms with van der Waals surface area (Å²) >= 11 is 0. The van der Waals surface area contributed by atoms with Crippen LogP contribution >= 0.6 is 0 Å². The predicted octanol–water partition coefficient (Wildman–Crippen LogP) is 8.56. The molecule has 0 amide bonds. The maximum absolute atomic E-state index is 7.16. The van der Waals surface area contributed by atoms with Gasteiger partial charge in [0.05, 0.1) is 0 Å². The second-order valence-corrected chi connectivity index (χ2v) is 23.1. The van der Waals surface area contributed by atoms with Crippen LogP contribution in [0.4, 0.5) is 0 Å². The van der Waals surface area contributed by atoms with Gasteiger partial charge in [-0.15, -0.1) is 0 Å². The zero-order valence-corrected chi connectivity index (χ0v) is 38.1. The van der Waals surface area contributed by atoms with Gasteiger partial charge in [0.1, 0.15) is 0 Å². The van der Waals surface area contributed by atoms with Crippen LogP contribution in [0.1, 0.15) is 131 Å². The zero-order chi connectivity index (χ0) is 37.6. The molecule has 0 aliphatic heterocycles. The fourth-order valence-electron chi connectivity index (χ4n) is 6.41. The second kappa shape index (κ2) is 31.6. The van der Waals surface area contributed by atoms with Gasteiger partial charge in [0.2, 0.25) is 0 Å². The minimum atomic E-state index is -3.42. The Labute approximate surface area is 314 Å². The van der Waals surface area contributed by atoms with Gasteiger partial charge in [0.15, 0.2) is 0 Å². The third-order valence-corrected chi connectivity index (χ3v) is 20.7. The lowest BCUT2D eigenvalue weighted by atomic mass is 10.2. The fraction of sp³-hybridized carbons (Fsp3) is 1.00. The minimum absolute atomic E-state index is 0.652. The molecule has 0 aromatic rings. The lowest BCUT2D eigenvalue weighted by molar-refractivity contribution is 0.0681. The number of hydrogen-bond acceptors (Lipinski definition) is 10. The molecule has 0 heterocycles. The van der Waals surface area contributed by atoms with Crippen LogP contribution in [0.5, 0.6) is 0 Å². The number of unbranched alkanes of at least 4 members (excludes halogenated alkanes) is 5. The van der Waals surface area contributed by atoms with E-state index < -0.39 is 26.4 Å². The summed E-state index contributed by atoms with van der Waals surface area (Å²) in [7, 11) is -1.13. The van der Waals surface area contributed by atoms with Gasteiger partial charge in [-0.05, 0) is 117 Å². The van der Waals surface area contributed by atoms with Gasteiger partial charge in [-0.1, -0.05) is 73.6 Å². The first-order chi connectivity index (χ1) is 24.2. The maximum atomic E-state index is 7.16. The number of rotatable bonds is 38. The van der Waals surface area contributed by atoms with Crippen molar-refractivity contribution in [3.8, 4) is 0 Å². The Kier molecular flexibility index (Phi) is 31.7. The van der Waals surface area contributed by atoms with Crippen molar-refractivity contribution in [3.05, 3.63) is 0 Å². The first-order valence-electron chi connectivity index (χ1n) is 20.5. The number of hydrogen-bond donors (Lipinski definition) is 0. The van der Waals surface area contributed by atoms with Crippen molar-refractivity contribution in [2.24, 2.45) is 0 Å². The van der Waals surface area contributed by atoms with E-state index >= 15 is 0 Å². The molecule has 0 rings (SSSR count). The van der Waals surface area contributed by atoms with Crippen molar-refractivity contribution in [1.29, 1.82) is 0 Å². The van der Waals surface area contributed by atoms with Crippen molar-refractivity contribution in [1.82, 2.24) is 14.7 Å². The van der Waals surface area contributed by atoms with Gasteiger partial charge in [0, 0.05) is 53.7 Å². The van der Waals surface area contributed by atoms with E-state index in [-0.39, 0.29) is 0 Å². The molecule has 1 atom stereocenters. The van der Waals surface area contributed by atoms with E-state index in [1.54, 1.807) is 35.5 Å². The van der Waals surface area contributed by atoms with Crippen LogP contribution in [0.3, 0.4) is 0 Å². The molecule has 0 aliphatic rings. The molecule has 13 heteroatoms. The molecule has 10 nitrogen and oxygen atoms in total. The summed E-state index contributed by atoms with van der Waals surface area (Å²) in [5, 5.41) is 0. The Morgan fingerprint density at radius 1 is 0.300 bits per heavy atom. The highest BCUT2D eigenvalue weighted by molar-refractivity contribution is 6.80. The molecule has 0 aromatic heterocycles. The molecule has 0 aromatic carbocycles. The summed E-state index contributed by atoms with van der Waals surface area (Å²) in [4.78, 5) is 7.74. The summed E-state index contributed by atoms with van der Waals surface area (Å²) in [6, 6.07) is 2.05. The molecule has 1 unspecified atom stereocenters. The third-order valence-electron chi connectivity index (χ3n) is 9.73. The van der Waals surface area contributed by atoms with Crippen LogP contribution < -0.4 is 0 Å². The monoisotopic (exact) mass is 768 g/mol. The molecule has 0 fully saturated rings. The highest BCUT2D eigenvalue weighted by Crippen LogP contribution is 2.32. The van der Waals surface area contributed by atoms with Crippen LogP contribution in [-0.4, -0.2) is 136 Å². The summed E-state index contributed by atoms with van der Waals surface area (Å²) in [6.45, 7) is 23.2. The Morgan fingerprint density at radius 3 is 0.780 bits per heavy atom. The molecular weight excluding hydrogens is 683 g/mol. The summed E-state index contributed by atoms with van der Waals surface area (Å²) in [5.41, 5.74) is 0. The largest absolute Gasteiger partial charge is 0.493 e. The predicted molar refractivity (Wildman–Crippen MR) is 217 cm³/mol. The molecule has 0 N–H and O–H groups in total. The molecule has 0 saturated heterocycles. The van der Waals surface area contributed by atoms with Crippen molar-refractivity contribution in [2.45, 2.75) is 150 Å². The summed E-state index contributed by atoms with van der Waals surface area (Å²) in [5.74, 6) is 0. The van der Waals surface area contributed by atoms with Gasteiger partial charge < -0.3 is 45.1 Å². The van der Waals surface area contributed by atoms with Crippen molar-refractivity contribution < 1.29 is 30.4 Å². The third kappa shape index (κ3) is 21.2. The first-order valence-corrected chi connectivity index (χ1v) is 26.3. The second-order valence-electron chi connectivity index (χ2n) is 13.9. The van der Waals surface area contributed by atoms with Crippen molar-refractivity contribution in [3.63, 3.8) is 0 Å². The average molecular weight is 768 g/mol.